The van der Waals surface area contributed by atoms with E-state index in [4.69, 9.17) is 28.4 Å². The van der Waals surface area contributed by atoms with Gasteiger partial charge in [0.15, 0.2) is 23.0 Å². The molecule has 0 saturated heterocycles. The minimum absolute atomic E-state index is 0.0235. The zero-order valence-electron chi connectivity index (χ0n) is 19.2. The zero-order chi connectivity index (χ0) is 23.2. The number of methoxy groups -OCH3 is 3. The number of carbonyl (C=O) groups is 1. The van der Waals surface area contributed by atoms with Crippen molar-refractivity contribution in [1.82, 2.24) is 0 Å². The summed E-state index contributed by atoms with van der Waals surface area (Å²) in [4.78, 5) is 12.1. The van der Waals surface area contributed by atoms with Gasteiger partial charge in [-0.3, -0.25) is 4.79 Å². The Bertz CT molecular complexity index is 1070. The number of carbonyl (C=O) groups excluding carboxylic acids is 1. The van der Waals surface area contributed by atoms with Crippen LogP contribution in [0.3, 0.4) is 0 Å². The average molecular weight is 444 g/mol. The molecule has 0 saturated carbocycles. The van der Waals surface area contributed by atoms with E-state index in [1.165, 1.54) is 21.1 Å². The molecule has 1 heterocycles. The lowest BCUT2D eigenvalue weighted by Crippen LogP contribution is -2.37. The number of benzene rings is 2. The Balaban J connectivity index is 2.16. The molecule has 1 aliphatic heterocycles. The van der Waals surface area contributed by atoms with Crippen LogP contribution in [0.15, 0.2) is 12.1 Å². The van der Waals surface area contributed by atoms with Crippen LogP contribution in [0.5, 0.6) is 34.5 Å². The molecule has 0 fully saturated rings. The fraction of sp³-hybridized carbons (Fsp3) is 0.458. The molecule has 2 aliphatic rings. The summed E-state index contributed by atoms with van der Waals surface area (Å²) in [6, 6.07) is 3.71. The molecule has 1 N–H and O–H groups in total. The third-order valence-electron chi connectivity index (χ3n) is 6.24. The van der Waals surface area contributed by atoms with Gasteiger partial charge in [0.05, 0.1) is 26.9 Å². The number of hydrogen-bond acceptors (Lipinski definition) is 8. The van der Waals surface area contributed by atoms with Gasteiger partial charge in [-0.05, 0) is 42.5 Å². The van der Waals surface area contributed by atoms with Gasteiger partial charge >= 0.3 is 5.97 Å². The fourth-order valence-corrected chi connectivity index (χ4v) is 4.47. The van der Waals surface area contributed by atoms with Crippen LogP contribution in [0, 0.1) is 5.92 Å². The molecule has 0 amide bonds. The highest BCUT2D eigenvalue weighted by atomic mass is 16.7. The van der Waals surface area contributed by atoms with Crippen LogP contribution in [-0.2, 0) is 17.6 Å². The highest BCUT2D eigenvalue weighted by molar-refractivity contribution is 5.90. The van der Waals surface area contributed by atoms with Crippen LogP contribution in [0.1, 0.15) is 31.9 Å². The molecule has 0 radical (unpaired) electrons. The predicted molar refractivity (Wildman–Crippen MR) is 116 cm³/mol. The Morgan fingerprint density at radius 2 is 1.72 bits per heavy atom. The molecule has 8 nitrogen and oxygen atoms in total. The Kier molecular flexibility index (Phi) is 5.58. The summed E-state index contributed by atoms with van der Waals surface area (Å²) in [5, 5.41) is 11.3. The number of rotatable bonds is 4. The first-order chi connectivity index (χ1) is 15.2. The average Bonchev–Trinajstić information content (AvgIpc) is 3.20. The van der Waals surface area contributed by atoms with Crippen molar-refractivity contribution in [3.05, 3.63) is 23.3 Å². The highest BCUT2D eigenvalue weighted by Gasteiger charge is 2.39. The van der Waals surface area contributed by atoms with Gasteiger partial charge in [-0.25, -0.2) is 0 Å². The molecular formula is C24H28O8. The van der Waals surface area contributed by atoms with E-state index < -0.39 is 11.6 Å². The molecule has 0 unspecified atom stereocenters. The van der Waals surface area contributed by atoms with E-state index in [0.29, 0.717) is 52.7 Å². The maximum atomic E-state index is 12.1. The molecule has 0 spiro atoms. The van der Waals surface area contributed by atoms with Crippen molar-refractivity contribution in [2.24, 2.45) is 5.92 Å². The van der Waals surface area contributed by atoms with Crippen molar-refractivity contribution in [2.75, 3.05) is 28.1 Å². The molecule has 2 aromatic carbocycles. The van der Waals surface area contributed by atoms with E-state index in [1.807, 2.05) is 26.0 Å². The second kappa shape index (κ2) is 8.09. The van der Waals surface area contributed by atoms with Crippen LogP contribution in [0.4, 0.5) is 0 Å². The van der Waals surface area contributed by atoms with E-state index in [2.05, 4.69) is 0 Å². The summed E-state index contributed by atoms with van der Waals surface area (Å²) in [5.74, 6) is 1.82. The molecule has 2 atom stereocenters. The van der Waals surface area contributed by atoms with Crippen LogP contribution in [0.2, 0.25) is 0 Å². The van der Waals surface area contributed by atoms with Crippen molar-refractivity contribution in [3.63, 3.8) is 0 Å². The van der Waals surface area contributed by atoms with Gasteiger partial charge < -0.3 is 33.5 Å². The van der Waals surface area contributed by atoms with Crippen molar-refractivity contribution < 1.29 is 38.3 Å². The van der Waals surface area contributed by atoms with Gasteiger partial charge in [-0.2, -0.15) is 0 Å². The lowest BCUT2D eigenvalue weighted by atomic mass is 9.75. The molecule has 1 aliphatic carbocycles. The minimum Gasteiger partial charge on any atom is -0.493 e. The highest BCUT2D eigenvalue weighted by Crippen LogP contribution is 2.57. The van der Waals surface area contributed by atoms with Crippen molar-refractivity contribution >= 4 is 5.97 Å². The fourth-order valence-electron chi connectivity index (χ4n) is 4.47. The summed E-state index contributed by atoms with van der Waals surface area (Å²) in [5.41, 5.74) is 1.89. The summed E-state index contributed by atoms with van der Waals surface area (Å²) in [7, 11) is 4.61. The third kappa shape index (κ3) is 3.48. The summed E-state index contributed by atoms with van der Waals surface area (Å²) >= 11 is 0. The van der Waals surface area contributed by atoms with Gasteiger partial charge in [-0.15, -0.1) is 0 Å². The molecule has 0 bridgehead atoms. The van der Waals surface area contributed by atoms with Crippen molar-refractivity contribution in [2.45, 2.75) is 39.2 Å². The summed E-state index contributed by atoms with van der Waals surface area (Å²) in [6.45, 7) is 5.17. The van der Waals surface area contributed by atoms with Crippen LogP contribution in [-0.4, -0.2) is 44.8 Å². The molecule has 0 aromatic heterocycles. The molecular weight excluding hydrogens is 416 g/mol. The summed E-state index contributed by atoms with van der Waals surface area (Å²) < 4.78 is 34.0. The lowest BCUT2D eigenvalue weighted by molar-refractivity contribution is -0.131. The monoisotopic (exact) mass is 444 g/mol. The van der Waals surface area contributed by atoms with Crippen LogP contribution < -0.4 is 28.4 Å². The Morgan fingerprint density at radius 3 is 2.34 bits per heavy atom. The Hall–Kier alpha value is -3.13. The van der Waals surface area contributed by atoms with Gasteiger partial charge in [0, 0.05) is 24.5 Å². The van der Waals surface area contributed by atoms with Gasteiger partial charge in [-0.1, -0.05) is 6.92 Å². The topological polar surface area (TPSA) is 92.7 Å². The lowest BCUT2D eigenvalue weighted by Gasteiger charge is -2.35. The summed E-state index contributed by atoms with van der Waals surface area (Å²) in [6.07, 6.45) is 0.845. The normalized spacial score (nSPS) is 21.0. The SMILES string of the molecule is COc1cc2c(c(OC)c1OC)-c1c(cc3c(c1OC(C)=O)OCO3)C[C@H](C)[C@@](C)(O)C2. The van der Waals surface area contributed by atoms with Crippen LogP contribution >= 0.6 is 0 Å². The van der Waals surface area contributed by atoms with E-state index in [-0.39, 0.29) is 18.5 Å². The maximum absolute atomic E-state index is 12.1. The van der Waals surface area contributed by atoms with Crippen LogP contribution in [0.25, 0.3) is 11.1 Å². The van der Waals surface area contributed by atoms with E-state index in [1.54, 1.807) is 7.11 Å². The van der Waals surface area contributed by atoms with Crippen molar-refractivity contribution in [3.8, 4) is 45.6 Å². The largest absolute Gasteiger partial charge is 0.493 e. The number of aliphatic hydroxyl groups is 1. The van der Waals surface area contributed by atoms with E-state index >= 15 is 0 Å². The smallest absolute Gasteiger partial charge is 0.308 e. The minimum atomic E-state index is -1.02. The van der Waals surface area contributed by atoms with Gasteiger partial charge in [0.2, 0.25) is 18.3 Å². The zero-order valence-corrected chi connectivity index (χ0v) is 19.2. The maximum Gasteiger partial charge on any atom is 0.308 e. The first kappa shape index (κ1) is 22.1. The Morgan fingerprint density at radius 1 is 1.03 bits per heavy atom. The molecule has 8 heteroatoms. The molecule has 4 rings (SSSR count). The number of fused-ring (bicyclic) bond motifs is 4. The first-order valence-corrected chi connectivity index (χ1v) is 10.4. The van der Waals surface area contributed by atoms with Gasteiger partial charge in [0.1, 0.15) is 0 Å². The molecule has 172 valence electrons. The predicted octanol–water partition coefficient (Wildman–Crippen LogP) is 3.52. The van der Waals surface area contributed by atoms with E-state index in [0.717, 1.165) is 11.1 Å². The quantitative estimate of drug-likeness (QED) is 0.566. The third-order valence-corrected chi connectivity index (χ3v) is 6.24. The second-order valence-corrected chi connectivity index (χ2v) is 8.39. The second-order valence-electron chi connectivity index (χ2n) is 8.39. The molecule has 32 heavy (non-hydrogen) atoms. The standard InChI is InChI=1S/C24H28O8/c1-12-7-14-8-17-21(31-11-30-17)23(32-13(2)25)18(14)19-15(10-24(12,3)26)9-16(27-4)20(28-5)22(19)29-6/h8-9,12,26H,7,10-11H2,1-6H3/t12-,24-/m0/s1. The Labute approximate surface area is 186 Å². The molecule has 2 aromatic rings. The van der Waals surface area contributed by atoms with Crippen molar-refractivity contribution in [1.29, 1.82) is 0 Å². The number of hydrogen-bond donors (Lipinski definition) is 1. The van der Waals surface area contributed by atoms with Gasteiger partial charge in [0.25, 0.3) is 0 Å². The first-order valence-electron chi connectivity index (χ1n) is 10.4. The number of ether oxygens (including phenoxy) is 6. The number of esters is 1. The van der Waals surface area contributed by atoms with E-state index in [9.17, 15) is 9.90 Å².